The Hall–Kier alpha value is 0.360. The second kappa shape index (κ2) is 8.84. The summed E-state index contributed by atoms with van der Waals surface area (Å²) in [7, 11) is 0. The fourth-order valence-electron chi connectivity index (χ4n) is 0. The van der Waals surface area contributed by atoms with Crippen LogP contribution < -0.4 is 34.8 Å². The molecular formula is NNaO3. The average molecular weight is 85.0 g/mol. The van der Waals surface area contributed by atoms with Crippen molar-refractivity contribution >= 4 is 0 Å². The van der Waals surface area contributed by atoms with Crippen molar-refractivity contribution in [1.82, 2.24) is 0 Å². The zero-order valence-electron chi connectivity index (χ0n) is 2.67. The number of nitrogens with zero attached hydrogens (tertiary/aromatic N) is 1. The molecule has 24 valence electrons. The summed E-state index contributed by atoms with van der Waals surface area (Å²) >= 11 is 0. The van der Waals surface area contributed by atoms with Crippen LogP contribution in [-0.4, -0.2) is 0 Å². The molecule has 0 aliphatic carbocycles. The van der Waals surface area contributed by atoms with Gasteiger partial charge in [0, 0.05) is 0 Å². The minimum Gasteiger partial charge on any atom is -0.635 e. The molecule has 0 rings (SSSR count). The average Bonchev–Trinajstić information content (AvgIpc) is 1.37. The van der Waals surface area contributed by atoms with Crippen LogP contribution in [-0.2, 0) is 4.99 Å². The Morgan fingerprint density at radius 3 is 2.00 bits per heavy atom. The van der Waals surface area contributed by atoms with Crippen molar-refractivity contribution in [1.29, 1.82) is 0 Å². The predicted octanol–water partition coefficient (Wildman–Crippen LogP) is -4.04. The molecule has 0 N–H and O–H groups in total. The van der Waals surface area contributed by atoms with Crippen LogP contribution in [0.2, 0.25) is 0 Å². The van der Waals surface area contributed by atoms with Gasteiger partial charge in [0.05, 0.1) is 0 Å². The molecule has 0 aromatic heterocycles. The van der Waals surface area contributed by atoms with Crippen LogP contribution in [0.1, 0.15) is 0 Å². The molecule has 0 bridgehead atoms. The molecule has 0 saturated heterocycles. The zero-order valence-corrected chi connectivity index (χ0v) is 4.67. The van der Waals surface area contributed by atoms with Gasteiger partial charge in [0.25, 0.3) is 0 Å². The Morgan fingerprint density at radius 1 is 1.80 bits per heavy atom. The van der Waals surface area contributed by atoms with Crippen molar-refractivity contribution < 1.29 is 39.8 Å². The van der Waals surface area contributed by atoms with Crippen LogP contribution in [0.15, 0.2) is 5.34 Å². The molecule has 0 saturated carbocycles. The third-order valence-corrected chi connectivity index (χ3v) is 0.0304. The molecule has 0 unspecified atom stereocenters. The van der Waals surface area contributed by atoms with E-state index < -0.39 is 0 Å². The molecule has 0 spiro atoms. The zero-order chi connectivity index (χ0) is 3.41. The molecule has 5 heteroatoms. The van der Waals surface area contributed by atoms with E-state index >= 15 is 0 Å². The van der Waals surface area contributed by atoms with Gasteiger partial charge in [-0.3, -0.25) is 0 Å². The van der Waals surface area contributed by atoms with Gasteiger partial charge in [-0.15, -0.1) is 4.91 Å². The van der Waals surface area contributed by atoms with E-state index in [0.29, 0.717) is 0 Å². The summed E-state index contributed by atoms with van der Waals surface area (Å²) in [4.78, 5) is 10.8. The van der Waals surface area contributed by atoms with Gasteiger partial charge in [-0.25, -0.2) is 0 Å². The maximum absolute atomic E-state index is 8.39. The van der Waals surface area contributed by atoms with E-state index in [1.165, 1.54) is 5.34 Å². The van der Waals surface area contributed by atoms with Gasteiger partial charge in [0.15, 0.2) is 0 Å². The summed E-state index contributed by atoms with van der Waals surface area (Å²) in [6, 6.07) is 0. The van der Waals surface area contributed by atoms with Crippen molar-refractivity contribution in [3.8, 4) is 0 Å². The maximum atomic E-state index is 8.39. The van der Waals surface area contributed by atoms with E-state index in [2.05, 4.69) is 4.99 Å². The number of hydrogen-bond acceptors (Lipinski definition) is 4. The molecule has 4 nitrogen and oxygen atoms in total. The summed E-state index contributed by atoms with van der Waals surface area (Å²) in [5.74, 6) is 0. The first-order valence-electron chi connectivity index (χ1n) is 0.532. The number of rotatable bonds is 1. The monoisotopic (exact) mass is 85.0 g/mol. The van der Waals surface area contributed by atoms with Crippen LogP contribution >= 0.6 is 0 Å². The van der Waals surface area contributed by atoms with Gasteiger partial charge in [-0.1, -0.05) is 0 Å². The molecule has 0 aliphatic heterocycles. The van der Waals surface area contributed by atoms with Crippen molar-refractivity contribution in [2.45, 2.75) is 0 Å². The SMILES string of the molecule is O=NO[O-].[Na+]. The minimum atomic E-state index is 0. The van der Waals surface area contributed by atoms with E-state index in [4.69, 9.17) is 10.2 Å². The van der Waals surface area contributed by atoms with Gasteiger partial charge in [0.1, 0.15) is 5.34 Å². The van der Waals surface area contributed by atoms with E-state index in [-0.39, 0.29) is 29.6 Å². The van der Waals surface area contributed by atoms with Gasteiger partial charge in [-0.2, -0.15) is 0 Å². The summed E-state index contributed by atoms with van der Waals surface area (Å²) in [5, 5.41) is 9.75. The Balaban J connectivity index is 0. The Bertz CT molecular complexity index is 20.9. The van der Waals surface area contributed by atoms with Crippen LogP contribution in [0.3, 0.4) is 0 Å². The first-order chi connectivity index (χ1) is 1.91. The van der Waals surface area contributed by atoms with Crippen LogP contribution in [0, 0.1) is 4.91 Å². The second-order valence-electron chi connectivity index (χ2n) is 0.149. The predicted molar refractivity (Wildman–Crippen MR) is 6.88 cm³/mol. The Morgan fingerprint density at radius 2 is 2.00 bits per heavy atom. The molecule has 0 fully saturated rings. The summed E-state index contributed by atoms with van der Waals surface area (Å²) < 4.78 is 0. The molecule has 0 heterocycles. The second-order valence-corrected chi connectivity index (χ2v) is 0.149. The van der Waals surface area contributed by atoms with Crippen molar-refractivity contribution in [3.63, 3.8) is 0 Å². The Labute approximate surface area is 50.3 Å². The molecule has 0 radical (unpaired) electrons. The standard InChI is InChI=1S/HNO3.Na/c2-1-4-3;/h3H;/q;+1/p-1. The summed E-state index contributed by atoms with van der Waals surface area (Å²) in [5.41, 5.74) is 0. The van der Waals surface area contributed by atoms with Crippen molar-refractivity contribution in [2.75, 3.05) is 0 Å². The number of hydrogen-bond donors (Lipinski definition) is 0. The molecule has 5 heavy (non-hydrogen) atoms. The third-order valence-electron chi connectivity index (χ3n) is 0.0304. The van der Waals surface area contributed by atoms with Gasteiger partial charge in [0.2, 0.25) is 0 Å². The first-order valence-corrected chi connectivity index (χ1v) is 0.532. The molecule has 0 amide bonds. The largest absolute Gasteiger partial charge is 1.00 e. The maximum Gasteiger partial charge on any atom is 1.00 e. The fraction of sp³-hybridized carbons (Fsp3) is 0. The molecular weight excluding hydrogens is 85.0 g/mol. The van der Waals surface area contributed by atoms with Crippen molar-refractivity contribution in [3.05, 3.63) is 4.91 Å². The third kappa shape index (κ3) is 13.1. The fourth-order valence-corrected chi connectivity index (χ4v) is 0. The van der Waals surface area contributed by atoms with Gasteiger partial charge in [-0.05, 0) is 0 Å². The van der Waals surface area contributed by atoms with Crippen LogP contribution in [0.4, 0.5) is 0 Å². The van der Waals surface area contributed by atoms with E-state index in [9.17, 15) is 0 Å². The summed E-state index contributed by atoms with van der Waals surface area (Å²) in [6.45, 7) is 0. The Kier molecular flexibility index (Phi) is 16.0. The molecule has 0 atom stereocenters. The van der Waals surface area contributed by atoms with Gasteiger partial charge < -0.3 is 10.2 Å². The first kappa shape index (κ1) is 9.03. The van der Waals surface area contributed by atoms with Crippen molar-refractivity contribution in [2.24, 2.45) is 5.34 Å². The van der Waals surface area contributed by atoms with Crippen LogP contribution in [0.5, 0.6) is 0 Å². The summed E-state index contributed by atoms with van der Waals surface area (Å²) in [6.07, 6.45) is 0. The molecule has 0 aromatic rings. The quantitative estimate of drug-likeness (QED) is 0.141. The normalized spacial score (nSPS) is 4.20. The topological polar surface area (TPSA) is 61.7 Å². The minimum absolute atomic E-state index is 0. The molecule has 0 aliphatic rings. The van der Waals surface area contributed by atoms with Crippen LogP contribution in [0.25, 0.3) is 0 Å². The van der Waals surface area contributed by atoms with Gasteiger partial charge >= 0.3 is 29.6 Å². The van der Waals surface area contributed by atoms with E-state index in [1.54, 1.807) is 0 Å². The smallest absolute Gasteiger partial charge is 0.635 e. The van der Waals surface area contributed by atoms with E-state index in [1.807, 2.05) is 0 Å². The van der Waals surface area contributed by atoms with E-state index in [0.717, 1.165) is 0 Å². The molecule has 0 aromatic carbocycles.